The Labute approximate surface area is 197 Å². The quantitative estimate of drug-likeness (QED) is 0.295. The molecular formula is C21H31N7O5S. The highest BCUT2D eigenvalue weighted by Gasteiger charge is 2.25. The van der Waals surface area contributed by atoms with Crippen LogP contribution >= 0.6 is 0 Å². The summed E-state index contributed by atoms with van der Waals surface area (Å²) in [6.45, 7) is 3.41. The molecule has 1 heterocycles. The van der Waals surface area contributed by atoms with Crippen LogP contribution in [0.5, 0.6) is 5.75 Å². The Morgan fingerprint density at radius 2 is 1.97 bits per heavy atom. The maximum atomic E-state index is 12.6. The number of rotatable bonds is 9. The van der Waals surface area contributed by atoms with Gasteiger partial charge in [-0.15, -0.1) is 0 Å². The molecule has 0 spiro atoms. The Kier molecular flexibility index (Phi) is 7.79. The molecule has 2 aromatic rings. The fourth-order valence-corrected chi connectivity index (χ4v) is 5.25. The van der Waals surface area contributed by atoms with Crippen LogP contribution in [0.25, 0.3) is 0 Å². The second-order valence-electron chi connectivity index (χ2n) is 8.47. The Morgan fingerprint density at radius 3 is 2.59 bits per heavy atom. The first kappa shape index (κ1) is 25.5. The fourth-order valence-electron chi connectivity index (χ4n) is 3.85. The summed E-state index contributed by atoms with van der Waals surface area (Å²) in [4.78, 5) is 31.4. The minimum atomic E-state index is -3.82. The van der Waals surface area contributed by atoms with E-state index < -0.39 is 21.5 Å². The third-order valence-corrected chi connectivity index (χ3v) is 7.11. The van der Waals surface area contributed by atoms with Crippen molar-refractivity contribution in [3.8, 4) is 5.75 Å². The average molecular weight is 494 g/mol. The lowest BCUT2D eigenvalue weighted by Gasteiger charge is -2.29. The maximum Gasteiger partial charge on any atom is 0.267 e. The van der Waals surface area contributed by atoms with Gasteiger partial charge in [-0.1, -0.05) is 12.8 Å². The number of carbonyl (C=O) groups excluding carboxylic acids is 1. The molecule has 186 valence electrons. The van der Waals surface area contributed by atoms with Crippen LogP contribution < -0.4 is 37.1 Å². The number of H-pyrrole nitrogens is 1. The van der Waals surface area contributed by atoms with Crippen molar-refractivity contribution in [3.05, 3.63) is 34.1 Å². The highest BCUT2D eigenvalue weighted by atomic mass is 32.2. The highest BCUT2D eigenvalue weighted by Crippen LogP contribution is 2.29. The van der Waals surface area contributed by atoms with Crippen LogP contribution in [0.3, 0.4) is 0 Å². The predicted molar refractivity (Wildman–Crippen MR) is 129 cm³/mol. The Balaban J connectivity index is 1.96. The molecule has 1 aliphatic carbocycles. The van der Waals surface area contributed by atoms with Gasteiger partial charge in [0.1, 0.15) is 16.2 Å². The lowest BCUT2D eigenvalue weighted by Crippen LogP contribution is -2.43. The third-order valence-electron chi connectivity index (χ3n) is 5.41. The number of nitrogens with zero attached hydrogens (tertiary/aromatic N) is 1. The number of aromatic amines is 1. The van der Waals surface area contributed by atoms with E-state index in [0.29, 0.717) is 5.69 Å². The van der Waals surface area contributed by atoms with E-state index in [1.165, 1.54) is 25.3 Å². The van der Waals surface area contributed by atoms with Crippen molar-refractivity contribution in [2.45, 2.75) is 62.6 Å². The molecule has 1 fully saturated rings. The number of ether oxygens (including phenoxy) is 1. The number of primary amides is 1. The molecule has 12 nitrogen and oxygen atoms in total. The zero-order valence-corrected chi connectivity index (χ0v) is 20.2. The molecule has 1 aromatic heterocycles. The summed E-state index contributed by atoms with van der Waals surface area (Å²) in [6, 6.07) is 3.76. The summed E-state index contributed by atoms with van der Waals surface area (Å²) in [5.41, 5.74) is 10.8. The molecule has 1 aromatic carbocycles. The zero-order valence-electron chi connectivity index (χ0n) is 19.3. The van der Waals surface area contributed by atoms with E-state index >= 15 is 0 Å². The van der Waals surface area contributed by atoms with E-state index in [1.807, 2.05) is 0 Å². The van der Waals surface area contributed by atoms with Gasteiger partial charge in [0.15, 0.2) is 5.82 Å². The van der Waals surface area contributed by atoms with E-state index in [4.69, 9.17) is 16.2 Å². The summed E-state index contributed by atoms with van der Waals surface area (Å²) < 4.78 is 32.9. The number of benzene rings is 1. The van der Waals surface area contributed by atoms with Gasteiger partial charge < -0.3 is 26.8 Å². The molecule has 3 rings (SSSR count). The molecule has 8 N–H and O–H groups in total. The lowest BCUT2D eigenvalue weighted by atomic mass is 9.91. The van der Waals surface area contributed by atoms with Gasteiger partial charge in [0, 0.05) is 29.9 Å². The van der Waals surface area contributed by atoms with Crippen molar-refractivity contribution in [2.75, 3.05) is 17.7 Å². The number of nitrogens with two attached hydrogens (primary N) is 2. The van der Waals surface area contributed by atoms with E-state index in [9.17, 15) is 18.0 Å². The average Bonchev–Trinajstić information content (AvgIpc) is 2.73. The van der Waals surface area contributed by atoms with Crippen LogP contribution in [0.1, 0.15) is 49.9 Å². The van der Waals surface area contributed by atoms with Crippen LogP contribution in [0.15, 0.2) is 27.9 Å². The summed E-state index contributed by atoms with van der Waals surface area (Å²) >= 11 is 0. The first-order chi connectivity index (χ1) is 16.0. The Morgan fingerprint density at radius 1 is 1.26 bits per heavy atom. The largest absolute Gasteiger partial charge is 0.495 e. The summed E-state index contributed by atoms with van der Waals surface area (Å²) in [5.74, 6) is -0.840. The minimum absolute atomic E-state index is 0.0584. The predicted octanol–water partition coefficient (Wildman–Crippen LogP) is 0.990. The molecule has 0 bridgehead atoms. The smallest absolute Gasteiger partial charge is 0.267 e. The molecule has 0 aliphatic heterocycles. The van der Waals surface area contributed by atoms with Crippen molar-refractivity contribution in [1.29, 1.82) is 0 Å². The van der Waals surface area contributed by atoms with Crippen LogP contribution in [0.4, 0.5) is 17.5 Å². The monoisotopic (exact) mass is 493 g/mol. The number of sulfonamides is 1. The number of anilines is 3. The highest BCUT2D eigenvalue weighted by molar-refractivity contribution is 7.89. The second kappa shape index (κ2) is 10.4. The molecule has 34 heavy (non-hydrogen) atoms. The molecule has 0 unspecified atom stereocenters. The first-order valence-corrected chi connectivity index (χ1v) is 12.4. The normalized spacial score (nSPS) is 18.5. The maximum absolute atomic E-state index is 12.6. The second-order valence-corrected chi connectivity index (χ2v) is 10.2. The van der Waals surface area contributed by atoms with Gasteiger partial charge in [-0.05, 0) is 38.8 Å². The number of carbonyl (C=O) groups is 1. The van der Waals surface area contributed by atoms with E-state index in [-0.39, 0.29) is 46.1 Å². The van der Waals surface area contributed by atoms with Crippen molar-refractivity contribution in [3.63, 3.8) is 0 Å². The SMILES string of the molecule is COc1cc(Nc2nc(N[C@H]3CCCC[C@@H]3N)[nH]c(=O)c2C(N)=O)ccc1S(=O)(=O)NC(C)C. The van der Waals surface area contributed by atoms with Crippen molar-refractivity contribution >= 4 is 33.4 Å². The number of hydrogen-bond acceptors (Lipinski definition) is 9. The van der Waals surface area contributed by atoms with Gasteiger partial charge in [0.2, 0.25) is 16.0 Å². The summed E-state index contributed by atoms with van der Waals surface area (Å²) in [5, 5.41) is 6.02. The van der Waals surface area contributed by atoms with Gasteiger partial charge >= 0.3 is 0 Å². The van der Waals surface area contributed by atoms with E-state index in [2.05, 4.69) is 25.3 Å². The fraction of sp³-hybridized carbons (Fsp3) is 0.476. The first-order valence-electron chi connectivity index (χ1n) is 11.0. The van der Waals surface area contributed by atoms with Crippen LogP contribution in [0.2, 0.25) is 0 Å². The van der Waals surface area contributed by atoms with Gasteiger partial charge in [-0.3, -0.25) is 14.6 Å². The minimum Gasteiger partial charge on any atom is -0.495 e. The molecular weight excluding hydrogens is 462 g/mol. The number of methoxy groups -OCH3 is 1. The van der Waals surface area contributed by atoms with Gasteiger partial charge in [-0.2, -0.15) is 4.98 Å². The summed E-state index contributed by atoms with van der Waals surface area (Å²) in [6.07, 6.45) is 3.72. The van der Waals surface area contributed by atoms with Crippen LogP contribution in [-0.2, 0) is 10.0 Å². The van der Waals surface area contributed by atoms with Crippen molar-refractivity contribution in [2.24, 2.45) is 11.5 Å². The van der Waals surface area contributed by atoms with E-state index in [1.54, 1.807) is 13.8 Å². The molecule has 13 heteroatoms. The van der Waals surface area contributed by atoms with Crippen molar-refractivity contribution < 1.29 is 17.9 Å². The molecule has 0 radical (unpaired) electrons. The number of aromatic nitrogens is 2. The summed E-state index contributed by atoms with van der Waals surface area (Å²) in [7, 11) is -2.48. The molecule has 1 aliphatic rings. The molecule has 1 amide bonds. The van der Waals surface area contributed by atoms with Gasteiger partial charge in [-0.25, -0.2) is 13.1 Å². The van der Waals surface area contributed by atoms with Crippen LogP contribution in [0, 0.1) is 0 Å². The van der Waals surface area contributed by atoms with Crippen LogP contribution in [-0.4, -0.2) is 49.5 Å². The zero-order chi connectivity index (χ0) is 25.0. The Bertz CT molecular complexity index is 1210. The number of hydrogen-bond donors (Lipinski definition) is 6. The lowest BCUT2D eigenvalue weighted by molar-refractivity contribution is 0.0999. The number of nitrogens with one attached hydrogen (secondary N) is 4. The van der Waals surface area contributed by atoms with Gasteiger partial charge in [0.25, 0.3) is 11.5 Å². The molecule has 2 atom stereocenters. The topological polar surface area (TPSA) is 194 Å². The van der Waals surface area contributed by atoms with Gasteiger partial charge in [0.05, 0.1) is 7.11 Å². The molecule has 1 saturated carbocycles. The third kappa shape index (κ3) is 5.85. The standard InChI is InChI=1S/C21H31N7O5S/c1-11(2)28-34(31,32)16-9-8-12(10-15(16)33-3)24-19-17(18(23)29)20(30)27-21(26-19)25-14-7-5-4-6-13(14)22/h8-11,13-14,28H,4-7,22H2,1-3H3,(H2,23,29)(H3,24,25,26,27,30)/t13-,14-/m0/s1. The Hall–Kier alpha value is -3.16. The molecule has 0 saturated heterocycles. The van der Waals surface area contributed by atoms with E-state index in [0.717, 1.165) is 25.7 Å². The van der Waals surface area contributed by atoms with Crippen molar-refractivity contribution in [1.82, 2.24) is 14.7 Å². The number of amides is 1.